The number of benzene rings is 2. The highest BCUT2D eigenvalue weighted by molar-refractivity contribution is 6.04. The largest absolute Gasteiger partial charge is 0.370 e. The summed E-state index contributed by atoms with van der Waals surface area (Å²) in [6.07, 6.45) is 0. The van der Waals surface area contributed by atoms with E-state index in [1.807, 2.05) is 18.2 Å². The summed E-state index contributed by atoms with van der Waals surface area (Å²) in [5, 5.41) is 8.24. The van der Waals surface area contributed by atoms with Crippen LogP contribution in [0, 0.1) is 0 Å². The van der Waals surface area contributed by atoms with Crippen LogP contribution in [0.5, 0.6) is 0 Å². The van der Waals surface area contributed by atoms with Crippen molar-refractivity contribution >= 4 is 16.7 Å². The zero-order chi connectivity index (χ0) is 20.2. The van der Waals surface area contributed by atoms with E-state index >= 15 is 0 Å². The second kappa shape index (κ2) is 8.55. The number of quaternary nitrogens is 1. The Morgan fingerprint density at radius 3 is 2.48 bits per heavy atom. The molecule has 2 aromatic carbocycles. The lowest BCUT2D eigenvalue weighted by atomic mass is 10.1. The number of hydrogen-bond donors (Lipinski definition) is 2. The van der Waals surface area contributed by atoms with Crippen molar-refractivity contribution in [3.05, 3.63) is 75.7 Å². The molecule has 1 aliphatic rings. The molecule has 0 atom stereocenters. The molecule has 29 heavy (non-hydrogen) atoms. The molecule has 1 aliphatic heterocycles. The van der Waals surface area contributed by atoms with Crippen LogP contribution in [0.3, 0.4) is 0 Å². The Labute approximate surface area is 168 Å². The van der Waals surface area contributed by atoms with Gasteiger partial charge in [0, 0.05) is 24.5 Å². The number of amides is 1. The van der Waals surface area contributed by atoms with Gasteiger partial charge in [-0.1, -0.05) is 42.5 Å². The second-order valence-corrected chi connectivity index (χ2v) is 7.31. The molecule has 1 aromatic heterocycles. The number of nitrogens with zero attached hydrogens (tertiary/aromatic N) is 2. The molecule has 0 unspecified atom stereocenters. The molecule has 4 rings (SSSR count). The normalized spacial score (nSPS) is 14.8. The predicted octanol–water partition coefficient (Wildman–Crippen LogP) is 0.279. The summed E-state index contributed by atoms with van der Waals surface area (Å²) >= 11 is 0. The van der Waals surface area contributed by atoms with Crippen LogP contribution >= 0.6 is 0 Å². The first-order valence-corrected chi connectivity index (χ1v) is 9.86. The van der Waals surface area contributed by atoms with Gasteiger partial charge in [0.1, 0.15) is 19.6 Å². The van der Waals surface area contributed by atoms with E-state index in [9.17, 15) is 9.59 Å². The summed E-state index contributed by atoms with van der Waals surface area (Å²) in [7, 11) is 1.56. The quantitative estimate of drug-likeness (QED) is 0.653. The molecular formula is C22H25N4O3+. The fourth-order valence-electron chi connectivity index (χ4n) is 3.74. The number of nitrogens with one attached hydrogen (secondary N) is 2. The third-order valence-corrected chi connectivity index (χ3v) is 5.37. The van der Waals surface area contributed by atoms with Crippen LogP contribution in [-0.2, 0) is 24.9 Å². The van der Waals surface area contributed by atoms with E-state index in [4.69, 9.17) is 4.74 Å². The first-order valence-electron chi connectivity index (χ1n) is 9.86. The molecule has 0 saturated carbocycles. The minimum absolute atomic E-state index is 0.212. The van der Waals surface area contributed by atoms with Crippen LogP contribution in [0.4, 0.5) is 0 Å². The second-order valence-electron chi connectivity index (χ2n) is 7.31. The number of aromatic nitrogens is 2. The summed E-state index contributed by atoms with van der Waals surface area (Å²) in [5.74, 6) is -0.287. The lowest BCUT2D eigenvalue weighted by Gasteiger charge is -2.24. The van der Waals surface area contributed by atoms with Gasteiger partial charge in [0.05, 0.1) is 18.6 Å². The highest BCUT2D eigenvalue weighted by Crippen LogP contribution is 2.14. The first kappa shape index (κ1) is 19.3. The average Bonchev–Trinajstić information content (AvgIpc) is 2.76. The summed E-state index contributed by atoms with van der Waals surface area (Å²) in [5.41, 5.74) is 2.37. The minimum Gasteiger partial charge on any atom is -0.370 e. The highest BCUT2D eigenvalue weighted by Gasteiger charge is 2.18. The summed E-state index contributed by atoms with van der Waals surface area (Å²) in [6, 6.07) is 15.2. The Kier molecular flexibility index (Phi) is 5.69. The minimum atomic E-state index is -0.287. The summed E-state index contributed by atoms with van der Waals surface area (Å²) < 4.78 is 6.66. The third-order valence-electron chi connectivity index (χ3n) is 5.37. The molecule has 0 bridgehead atoms. The van der Waals surface area contributed by atoms with Gasteiger partial charge < -0.3 is 15.0 Å². The number of ether oxygens (including phenoxy) is 1. The number of carbonyl (C=O) groups is 1. The van der Waals surface area contributed by atoms with Gasteiger partial charge in [-0.3, -0.25) is 9.59 Å². The maximum Gasteiger partial charge on any atom is 0.274 e. The number of rotatable bonds is 5. The van der Waals surface area contributed by atoms with Gasteiger partial charge in [-0.25, -0.2) is 4.68 Å². The van der Waals surface area contributed by atoms with Crippen molar-refractivity contribution in [3.63, 3.8) is 0 Å². The van der Waals surface area contributed by atoms with Crippen LogP contribution in [-0.4, -0.2) is 42.0 Å². The van der Waals surface area contributed by atoms with Crippen LogP contribution < -0.4 is 15.8 Å². The molecule has 1 saturated heterocycles. The van der Waals surface area contributed by atoms with Crippen molar-refractivity contribution in [2.75, 3.05) is 26.3 Å². The molecule has 7 heteroatoms. The number of aryl methyl sites for hydroxylation is 1. The highest BCUT2D eigenvalue weighted by atomic mass is 16.5. The fraction of sp³-hybridized carbons (Fsp3) is 0.318. The van der Waals surface area contributed by atoms with Gasteiger partial charge in [-0.2, -0.15) is 5.10 Å². The molecule has 2 heterocycles. The van der Waals surface area contributed by atoms with E-state index in [-0.39, 0.29) is 17.2 Å². The first-order chi connectivity index (χ1) is 14.1. The molecule has 1 amide bonds. The van der Waals surface area contributed by atoms with E-state index in [1.54, 1.807) is 31.3 Å². The van der Waals surface area contributed by atoms with Crippen LogP contribution in [0.1, 0.15) is 21.6 Å². The molecule has 7 nitrogen and oxygen atoms in total. The van der Waals surface area contributed by atoms with Crippen molar-refractivity contribution in [2.45, 2.75) is 13.1 Å². The number of hydrogen-bond acceptors (Lipinski definition) is 4. The summed E-state index contributed by atoms with van der Waals surface area (Å²) in [6.45, 7) is 4.90. The smallest absolute Gasteiger partial charge is 0.274 e. The predicted molar refractivity (Wildman–Crippen MR) is 110 cm³/mol. The van der Waals surface area contributed by atoms with Gasteiger partial charge in [-0.05, 0) is 11.6 Å². The van der Waals surface area contributed by atoms with Crippen LogP contribution in [0.25, 0.3) is 10.8 Å². The third kappa shape index (κ3) is 4.21. The SMILES string of the molecule is Cn1nc(C(=O)NCc2ccccc2C[NH+]2CCOCC2)c2ccccc2c1=O. The molecule has 0 spiro atoms. The van der Waals surface area contributed by atoms with Crippen molar-refractivity contribution < 1.29 is 14.4 Å². The zero-order valence-electron chi connectivity index (χ0n) is 16.5. The molecule has 3 aromatic rings. The Morgan fingerprint density at radius 1 is 1.07 bits per heavy atom. The van der Waals surface area contributed by atoms with Gasteiger partial charge in [-0.15, -0.1) is 0 Å². The molecule has 2 N–H and O–H groups in total. The standard InChI is InChI=1S/C22H24N4O3/c1-25-22(28)19-9-5-4-8-18(19)20(24-25)21(27)23-14-16-6-2-3-7-17(16)15-26-10-12-29-13-11-26/h2-9H,10-15H2,1H3,(H,23,27)/p+1. The summed E-state index contributed by atoms with van der Waals surface area (Å²) in [4.78, 5) is 26.6. The average molecular weight is 393 g/mol. The van der Waals surface area contributed by atoms with Crippen molar-refractivity contribution in [3.8, 4) is 0 Å². The van der Waals surface area contributed by atoms with Crippen molar-refractivity contribution in [1.82, 2.24) is 15.1 Å². The Bertz CT molecular complexity index is 1090. The maximum atomic E-state index is 12.9. The lowest BCUT2D eigenvalue weighted by molar-refractivity contribution is -0.921. The van der Waals surface area contributed by atoms with E-state index < -0.39 is 0 Å². The van der Waals surface area contributed by atoms with E-state index in [0.717, 1.165) is 38.4 Å². The fourth-order valence-corrected chi connectivity index (χ4v) is 3.74. The Balaban J connectivity index is 1.53. The Morgan fingerprint density at radius 2 is 1.72 bits per heavy atom. The van der Waals surface area contributed by atoms with E-state index in [1.165, 1.54) is 15.1 Å². The molecule has 0 radical (unpaired) electrons. The van der Waals surface area contributed by atoms with Crippen molar-refractivity contribution in [1.29, 1.82) is 0 Å². The van der Waals surface area contributed by atoms with Gasteiger partial charge >= 0.3 is 0 Å². The molecule has 150 valence electrons. The van der Waals surface area contributed by atoms with Crippen LogP contribution in [0.2, 0.25) is 0 Å². The van der Waals surface area contributed by atoms with Gasteiger partial charge in [0.25, 0.3) is 11.5 Å². The number of fused-ring (bicyclic) bond motifs is 1. The molecular weight excluding hydrogens is 368 g/mol. The Hall–Kier alpha value is -3.03. The number of morpholine rings is 1. The van der Waals surface area contributed by atoms with Crippen molar-refractivity contribution in [2.24, 2.45) is 7.05 Å². The number of carbonyl (C=O) groups excluding carboxylic acids is 1. The molecule has 0 aliphatic carbocycles. The van der Waals surface area contributed by atoms with Crippen LogP contribution in [0.15, 0.2) is 53.3 Å². The zero-order valence-corrected chi connectivity index (χ0v) is 16.5. The van der Waals surface area contributed by atoms with Gasteiger partial charge in [0.15, 0.2) is 5.69 Å². The van der Waals surface area contributed by atoms with E-state index in [0.29, 0.717) is 17.3 Å². The molecule has 1 fully saturated rings. The topological polar surface area (TPSA) is 77.7 Å². The van der Waals surface area contributed by atoms with Gasteiger partial charge in [0.2, 0.25) is 0 Å². The monoisotopic (exact) mass is 393 g/mol. The lowest BCUT2D eigenvalue weighted by Crippen LogP contribution is -3.12. The van der Waals surface area contributed by atoms with E-state index in [2.05, 4.69) is 16.5 Å². The maximum absolute atomic E-state index is 12.9.